The lowest BCUT2D eigenvalue weighted by Gasteiger charge is -2.22. The highest BCUT2D eigenvalue weighted by Gasteiger charge is 2.03. The predicted molar refractivity (Wildman–Crippen MR) is 73.1 cm³/mol. The molecule has 2 nitrogen and oxygen atoms in total. The van der Waals surface area contributed by atoms with Crippen molar-refractivity contribution >= 4 is 5.69 Å². The summed E-state index contributed by atoms with van der Waals surface area (Å²) in [6.07, 6.45) is 5.78. The van der Waals surface area contributed by atoms with E-state index in [0.29, 0.717) is 6.42 Å². The van der Waals surface area contributed by atoms with Gasteiger partial charge in [-0.2, -0.15) is 5.26 Å². The minimum absolute atomic E-state index is 0.576. The zero-order chi connectivity index (χ0) is 12.5. The van der Waals surface area contributed by atoms with E-state index in [-0.39, 0.29) is 0 Å². The van der Waals surface area contributed by atoms with Crippen molar-refractivity contribution in [2.24, 2.45) is 0 Å². The van der Waals surface area contributed by atoms with Crippen LogP contribution in [0.5, 0.6) is 0 Å². The third-order valence-electron chi connectivity index (χ3n) is 2.74. The van der Waals surface area contributed by atoms with E-state index < -0.39 is 0 Å². The van der Waals surface area contributed by atoms with E-state index in [1.165, 1.54) is 11.3 Å². The van der Waals surface area contributed by atoms with Crippen molar-refractivity contribution in [1.82, 2.24) is 0 Å². The van der Waals surface area contributed by atoms with Crippen LogP contribution in [0, 0.1) is 11.3 Å². The largest absolute Gasteiger partial charge is 0.371 e. The van der Waals surface area contributed by atoms with E-state index in [1.54, 1.807) is 0 Å². The van der Waals surface area contributed by atoms with Crippen LogP contribution >= 0.6 is 0 Å². The number of nitriles is 1. The molecule has 0 aliphatic rings. The fraction of sp³-hybridized carbons (Fsp3) is 0.400. The summed E-state index contributed by atoms with van der Waals surface area (Å²) in [5.41, 5.74) is 2.53. The molecule has 17 heavy (non-hydrogen) atoms. The van der Waals surface area contributed by atoms with Crippen LogP contribution in [0.1, 0.15) is 25.8 Å². The fourth-order valence-corrected chi connectivity index (χ4v) is 1.79. The van der Waals surface area contributed by atoms with Crippen LogP contribution in [-0.4, -0.2) is 13.1 Å². The van der Waals surface area contributed by atoms with Gasteiger partial charge in [-0.1, -0.05) is 24.3 Å². The molecule has 0 radical (unpaired) electrons. The van der Waals surface area contributed by atoms with Gasteiger partial charge in [0, 0.05) is 18.8 Å². The van der Waals surface area contributed by atoms with E-state index in [9.17, 15) is 0 Å². The van der Waals surface area contributed by atoms with Gasteiger partial charge in [-0.25, -0.2) is 0 Å². The Morgan fingerprint density at radius 1 is 1.41 bits per heavy atom. The molecule has 0 heterocycles. The second-order valence-electron chi connectivity index (χ2n) is 3.93. The molecular formula is C15H20N2. The highest BCUT2D eigenvalue weighted by atomic mass is 15.1. The molecular weight excluding hydrogens is 208 g/mol. The second-order valence-corrected chi connectivity index (χ2v) is 3.93. The Hall–Kier alpha value is -1.75. The van der Waals surface area contributed by atoms with Gasteiger partial charge >= 0.3 is 0 Å². The zero-order valence-electron chi connectivity index (χ0n) is 10.7. The van der Waals surface area contributed by atoms with Crippen LogP contribution in [0.3, 0.4) is 0 Å². The Kier molecular flexibility index (Phi) is 5.88. The van der Waals surface area contributed by atoms with Crippen molar-refractivity contribution in [3.05, 3.63) is 42.0 Å². The summed E-state index contributed by atoms with van der Waals surface area (Å²) in [5, 5.41) is 8.64. The van der Waals surface area contributed by atoms with E-state index in [2.05, 4.69) is 54.3 Å². The highest BCUT2D eigenvalue weighted by molar-refractivity contribution is 5.49. The molecule has 0 atom stereocenters. The Morgan fingerprint density at radius 2 is 2.24 bits per heavy atom. The summed E-state index contributed by atoms with van der Waals surface area (Å²) in [6.45, 7) is 5.90. The summed E-state index contributed by atoms with van der Waals surface area (Å²) in [5.74, 6) is 0. The summed E-state index contributed by atoms with van der Waals surface area (Å²) < 4.78 is 0. The number of hydrogen-bond donors (Lipinski definition) is 0. The summed E-state index contributed by atoms with van der Waals surface area (Å²) in [6, 6.07) is 10.7. The molecule has 0 spiro atoms. The lowest BCUT2D eigenvalue weighted by atomic mass is 10.1. The third-order valence-corrected chi connectivity index (χ3v) is 2.74. The summed E-state index contributed by atoms with van der Waals surface area (Å²) in [7, 11) is 0. The molecule has 2 heteroatoms. The minimum atomic E-state index is 0.576. The van der Waals surface area contributed by atoms with Crippen molar-refractivity contribution in [3.8, 4) is 6.07 Å². The van der Waals surface area contributed by atoms with Gasteiger partial charge in [0.2, 0.25) is 0 Å². The average Bonchev–Trinajstić information content (AvgIpc) is 2.38. The van der Waals surface area contributed by atoms with Gasteiger partial charge in [0.05, 0.1) is 12.5 Å². The molecule has 0 bridgehead atoms. The van der Waals surface area contributed by atoms with Crippen LogP contribution in [-0.2, 0) is 6.42 Å². The number of rotatable bonds is 6. The lowest BCUT2D eigenvalue weighted by Crippen LogP contribution is -2.23. The van der Waals surface area contributed by atoms with Crippen LogP contribution in [0.2, 0.25) is 0 Å². The van der Waals surface area contributed by atoms with Crippen molar-refractivity contribution in [3.63, 3.8) is 0 Å². The maximum atomic E-state index is 8.64. The second kappa shape index (κ2) is 7.51. The maximum Gasteiger partial charge on any atom is 0.0640 e. The molecule has 0 aromatic heterocycles. The van der Waals surface area contributed by atoms with Gasteiger partial charge in [0.25, 0.3) is 0 Å². The molecule has 0 N–H and O–H groups in total. The Labute approximate surface area is 104 Å². The van der Waals surface area contributed by atoms with Crippen molar-refractivity contribution in [2.45, 2.75) is 26.7 Å². The predicted octanol–water partition coefficient (Wildman–Crippen LogP) is 3.55. The fourth-order valence-electron chi connectivity index (χ4n) is 1.79. The zero-order valence-corrected chi connectivity index (χ0v) is 10.7. The number of anilines is 1. The van der Waals surface area contributed by atoms with Gasteiger partial charge in [0.1, 0.15) is 0 Å². The van der Waals surface area contributed by atoms with E-state index in [0.717, 1.165) is 19.5 Å². The maximum absolute atomic E-state index is 8.64. The highest BCUT2D eigenvalue weighted by Crippen LogP contribution is 2.17. The Bertz CT molecular complexity index is 402. The van der Waals surface area contributed by atoms with Crippen LogP contribution in [0.4, 0.5) is 5.69 Å². The number of nitrogens with zero attached hydrogens (tertiary/aromatic N) is 2. The average molecular weight is 228 g/mol. The molecule has 0 unspecified atom stereocenters. The van der Waals surface area contributed by atoms with Gasteiger partial charge in [-0.15, -0.1) is 0 Å². The molecule has 0 fully saturated rings. The Morgan fingerprint density at radius 3 is 2.88 bits per heavy atom. The number of benzene rings is 1. The number of allylic oxidation sites excluding steroid dienone is 2. The van der Waals surface area contributed by atoms with Gasteiger partial charge in [0.15, 0.2) is 0 Å². The first-order valence-electron chi connectivity index (χ1n) is 6.13. The normalized spacial score (nSPS) is 10.4. The lowest BCUT2D eigenvalue weighted by molar-refractivity contribution is 0.826. The smallest absolute Gasteiger partial charge is 0.0640 e. The van der Waals surface area contributed by atoms with Crippen molar-refractivity contribution in [2.75, 3.05) is 18.0 Å². The molecule has 90 valence electrons. The molecule has 1 aromatic rings. The quantitative estimate of drug-likeness (QED) is 0.696. The molecule has 0 amide bonds. The topological polar surface area (TPSA) is 27.0 Å². The molecule has 0 saturated heterocycles. The molecule has 0 saturated carbocycles. The van der Waals surface area contributed by atoms with Crippen LogP contribution < -0.4 is 4.90 Å². The van der Waals surface area contributed by atoms with Crippen molar-refractivity contribution < 1.29 is 0 Å². The van der Waals surface area contributed by atoms with Gasteiger partial charge in [-0.05, 0) is 38.0 Å². The van der Waals surface area contributed by atoms with Crippen LogP contribution in [0.15, 0.2) is 36.4 Å². The molecule has 0 aliphatic carbocycles. The minimum Gasteiger partial charge on any atom is -0.371 e. The first-order valence-corrected chi connectivity index (χ1v) is 6.13. The monoisotopic (exact) mass is 228 g/mol. The summed E-state index contributed by atoms with van der Waals surface area (Å²) in [4.78, 5) is 2.24. The van der Waals surface area contributed by atoms with E-state index in [1.807, 2.05) is 6.92 Å². The van der Waals surface area contributed by atoms with Crippen molar-refractivity contribution in [1.29, 1.82) is 5.26 Å². The summed E-state index contributed by atoms with van der Waals surface area (Å²) >= 11 is 0. The Balaban J connectivity index is 2.77. The first-order chi connectivity index (χ1) is 8.31. The SMILES string of the molecule is CC=CCc1cccc(N(CC)CCC#N)c1. The van der Waals surface area contributed by atoms with E-state index >= 15 is 0 Å². The van der Waals surface area contributed by atoms with E-state index in [4.69, 9.17) is 5.26 Å². The molecule has 0 aliphatic heterocycles. The standard InChI is InChI=1S/C15H20N2/c1-3-5-8-14-9-6-10-15(13-14)17(4-2)12-7-11-16/h3,5-6,9-10,13H,4,7-8,12H2,1-2H3. The first kappa shape index (κ1) is 13.3. The van der Waals surface area contributed by atoms with Crippen LogP contribution in [0.25, 0.3) is 0 Å². The third kappa shape index (κ3) is 4.32. The van der Waals surface area contributed by atoms with Gasteiger partial charge < -0.3 is 4.90 Å². The molecule has 1 rings (SSSR count). The van der Waals surface area contributed by atoms with Gasteiger partial charge in [-0.3, -0.25) is 0 Å². The molecule has 1 aromatic carbocycles. The number of hydrogen-bond acceptors (Lipinski definition) is 2.